The van der Waals surface area contributed by atoms with Gasteiger partial charge in [0.1, 0.15) is 5.60 Å². The molecule has 0 saturated carbocycles. The summed E-state index contributed by atoms with van der Waals surface area (Å²) >= 11 is 0. The molecule has 0 heterocycles. The molecular weight excluding hydrogens is 324 g/mol. The summed E-state index contributed by atoms with van der Waals surface area (Å²) in [7, 11) is 3.14. The number of carbonyl (C=O) groups is 2. The van der Waals surface area contributed by atoms with Crippen molar-refractivity contribution in [3.05, 3.63) is 23.8 Å². The minimum absolute atomic E-state index is 0.0826. The number of methoxy groups -OCH3 is 2. The predicted molar refractivity (Wildman–Crippen MR) is 94.9 cm³/mol. The average molecular weight is 352 g/mol. The number of hydrogen-bond acceptors (Lipinski definition) is 5. The number of benzene rings is 1. The van der Waals surface area contributed by atoms with Crippen LogP contribution >= 0.6 is 0 Å². The van der Waals surface area contributed by atoms with E-state index in [1.165, 1.54) is 0 Å². The van der Waals surface area contributed by atoms with Crippen LogP contribution in [0.1, 0.15) is 39.2 Å². The Morgan fingerprint density at radius 3 is 2.32 bits per heavy atom. The maximum Gasteiger partial charge on any atom is 0.407 e. The van der Waals surface area contributed by atoms with Crippen molar-refractivity contribution in [1.82, 2.24) is 10.6 Å². The zero-order valence-corrected chi connectivity index (χ0v) is 15.6. The van der Waals surface area contributed by atoms with E-state index in [-0.39, 0.29) is 5.91 Å². The Morgan fingerprint density at radius 1 is 1.04 bits per heavy atom. The topological polar surface area (TPSA) is 85.9 Å². The molecule has 0 aromatic heterocycles. The number of nitrogens with one attached hydrogen (secondary N) is 2. The minimum Gasteiger partial charge on any atom is -0.493 e. The molecule has 1 aromatic carbocycles. The van der Waals surface area contributed by atoms with Gasteiger partial charge in [0.2, 0.25) is 5.91 Å². The third kappa shape index (κ3) is 8.28. The molecule has 1 aromatic rings. The molecule has 7 heteroatoms. The highest BCUT2D eigenvalue weighted by atomic mass is 16.6. The molecule has 0 aliphatic heterocycles. The fourth-order valence-electron chi connectivity index (χ4n) is 2.03. The maximum atomic E-state index is 11.9. The van der Waals surface area contributed by atoms with Gasteiger partial charge in [-0.15, -0.1) is 0 Å². The first kappa shape index (κ1) is 20.6. The van der Waals surface area contributed by atoms with E-state index in [2.05, 4.69) is 10.6 Å². The molecular formula is C18H28N2O5. The Hall–Kier alpha value is -2.44. The number of carbonyl (C=O) groups excluding carboxylic acids is 2. The van der Waals surface area contributed by atoms with Crippen molar-refractivity contribution in [1.29, 1.82) is 0 Å². The second-order valence-corrected chi connectivity index (χ2v) is 6.50. The van der Waals surface area contributed by atoms with E-state index >= 15 is 0 Å². The number of ether oxygens (including phenoxy) is 3. The van der Waals surface area contributed by atoms with Crippen molar-refractivity contribution in [2.75, 3.05) is 20.8 Å². The molecule has 2 N–H and O–H groups in total. The lowest BCUT2D eigenvalue weighted by molar-refractivity contribution is -0.121. The summed E-state index contributed by atoms with van der Waals surface area (Å²) in [6.45, 7) is 6.19. The summed E-state index contributed by atoms with van der Waals surface area (Å²) in [6.07, 6.45) is 0.387. The molecule has 0 radical (unpaired) electrons. The monoisotopic (exact) mass is 352 g/mol. The third-order valence-electron chi connectivity index (χ3n) is 3.19. The van der Waals surface area contributed by atoms with Crippen molar-refractivity contribution in [3.8, 4) is 11.5 Å². The van der Waals surface area contributed by atoms with Crippen molar-refractivity contribution in [2.24, 2.45) is 0 Å². The molecule has 2 amide bonds. The van der Waals surface area contributed by atoms with Crippen LogP contribution in [0.2, 0.25) is 0 Å². The van der Waals surface area contributed by atoms with Gasteiger partial charge in [0.05, 0.1) is 14.2 Å². The quantitative estimate of drug-likeness (QED) is 0.703. The van der Waals surface area contributed by atoms with Gasteiger partial charge in [0.15, 0.2) is 11.5 Å². The number of hydrogen-bond donors (Lipinski definition) is 2. The smallest absolute Gasteiger partial charge is 0.407 e. The Balaban J connectivity index is 2.28. The van der Waals surface area contributed by atoms with Crippen molar-refractivity contribution in [3.63, 3.8) is 0 Å². The average Bonchev–Trinajstić information content (AvgIpc) is 2.55. The first-order valence-electron chi connectivity index (χ1n) is 8.19. The van der Waals surface area contributed by atoms with Gasteiger partial charge in [-0.2, -0.15) is 0 Å². The zero-order chi connectivity index (χ0) is 18.9. The van der Waals surface area contributed by atoms with Crippen molar-refractivity contribution in [2.45, 2.75) is 45.8 Å². The van der Waals surface area contributed by atoms with Gasteiger partial charge in [-0.3, -0.25) is 4.79 Å². The third-order valence-corrected chi connectivity index (χ3v) is 3.19. The van der Waals surface area contributed by atoms with E-state index in [0.717, 1.165) is 5.56 Å². The minimum atomic E-state index is -0.527. The lowest BCUT2D eigenvalue weighted by Gasteiger charge is -2.19. The van der Waals surface area contributed by atoms with Gasteiger partial charge in [-0.25, -0.2) is 4.79 Å². The predicted octanol–water partition coefficient (Wildman–Crippen LogP) is 2.62. The van der Waals surface area contributed by atoms with Gasteiger partial charge >= 0.3 is 6.09 Å². The highest BCUT2D eigenvalue weighted by Gasteiger charge is 2.15. The van der Waals surface area contributed by atoms with Crippen LogP contribution in [0.3, 0.4) is 0 Å². The molecule has 25 heavy (non-hydrogen) atoms. The molecule has 0 spiro atoms. The first-order valence-corrected chi connectivity index (χ1v) is 8.19. The lowest BCUT2D eigenvalue weighted by Crippen LogP contribution is -2.33. The van der Waals surface area contributed by atoms with Gasteiger partial charge in [0, 0.05) is 19.5 Å². The Kier molecular flexibility index (Phi) is 8.04. The lowest BCUT2D eigenvalue weighted by atomic mass is 10.2. The molecule has 0 saturated heterocycles. The summed E-state index contributed by atoms with van der Waals surface area (Å²) in [5, 5.41) is 5.46. The number of rotatable bonds is 8. The Morgan fingerprint density at radius 2 is 1.72 bits per heavy atom. The van der Waals surface area contributed by atoms with Crippen molar-refractivity contribution >= 4 is 12.0 Å². The molecule has 0 aliphatic rings. The normalized spacial score (nSPS) is 10.8. The second kappa shape index (κ2) is 9.76. The summed E-state index contributed by atoms with van der Waals surface area (Å²) in [5.74, 6) is 1.18. The van der Waals surface area contributed by atoms with E-state index in [0.29, 0.717) is 37.4 Å². The molecule has 0 unspecified atom stereocenters. The van der Waals surface area contributed by atoms with Gasteiger partial charge in [-0.1, -0.05) is 6.07 Å². The van der Waals surface area contributed by atoms with Crippen LogP contribution in [0.15, 0.2) is 18.2 Å². The molecule has 1 rings (SSSR count). The molecule has 0 bridgehead atoms. The van der Waals surface area contributed by atoms with Crippen LogP contribution in [0, 0.1) is 0 Å². The van der Waals surface area contributed by atoms with E-state index in [1.54, 1.807) is 41.1 Å². The Bertz CT molecular complexity index is 581. The van der Waals surface area contributed by atoms with Crippen LogP contribution in [0.4, 0.5) is 4.79 Å². The van der Waals surface area contributed by atoms with Crippen LogP contribution in [0.5, 0.6) is 11.5 Å². The van der Waals surface area contributed by atoms with Crippen LogP contribution < -0.4 is 20.1 Å². The van der Waals surface area contributed by atoms with Gasteiger partial charge in [0.25, 0.3) is 0 Å². The fourth-order valence-corrected chi connectivity index (χ4v) is 2.03. The second-order valence-electron chi connectivity index (χ2n) is 6.50. The molecule has 0 aliphatic carbocycles. The van der Waals surface area contributed by atoms with Crippen LogP contribution in [0.25, 0.3) is 0 Å². The zero-order valence-electron chi connectivity index (χ0n) is 15.6. The molecule has 0 atom stereocenters. The largest absolute Gasteiger partial charge is 0.493 e. The SMILES string of the molecule is COc1ccc(CNC(=O)CCCNC(=O)OC(C)(C)C)cc1OC. The van der Waals surface area contributed by atoms with Gasteiger partial charge in [-0.05, 0) is 44.9 Å². The van der Waals surface area contributed by atoms with E-state index in [4.69, 9.17) is 14.2 Å². The number of alkyl carbamates (subject to hydrolysis) is 1. The molecule has 140 valence electrons. The molecule has 0 fully saturated rings. The highest BCUT2D eigenvalue weighted by molar-refractivity contribution is 5.76. The summed E-state index contributed by atoms with van der Waals surface area (Å²) in [6, 6.07) is 5.49. The van der Waals surface area contributed by atoms with Gasteiger partial charge < -0.3 is 24.8 Å². The van der Waals surface area contributed by atoms with E-state index < -0.39 is 11.7 Å². The van der Waals surface area contributed by atoms with Crippen LogP contribution in [-0.4, -0.2) is 38.4 Å². The number of amides is 2. The first-order chi connectivity index (χ1) is 11.7. The summed E-state index contributed by atoms with van der Waals surface area (Å²) in [4.78, 5) is 23.3. The van der Waals surface area contributed by atoms with E-state index in [1.807, 2.05) is 12.1 Å². The Labute approximate surface area is 149 Å². The van der Waals surface area contributed by atoms with Crippen molar-refractivity contribution < 1.29 is 23.8 Å². The summed E-state index contributed by atoms with van der Waals surface area (Å²) < 4.78 is 15.5. The highest BCUT2D eigenvalue weighted by Crippen LogP contribution is 2.27. The maximum absolute atomic E-state index is 11.9. The van der Waals surface area contributed by atoms with Crippen LogP contribution in [-0.2, 0) is 16.1 Å². The fraction of sp³-hybridized carbons (Fsp3) is 0.556. The summed E-state index contributed by atoms with van der Waals surface area (Å²) in [5.41, 5.74) is 0.388. The van der Waals surface area contributed by atoms with E-state index in [9.17, 15) is 9.59 Å². The molecule has 7 nitrogen and oxygen atoms in total. The standard InChI is InChI=1S/C18H28N2O5/c1-18(2,3)25-17(22)19-10-6-7-16(21)20-12-13-8-9-14(23-4)15(11-13)24-5/h8-9,11H,6-7,10,12H2,1-5H3,(H,19,22)(H,20,21).